The van der Waals surface area contributed by atoms with Gasteiger partial charge < -0.3 is 20.3 Å². The molecule has 32 heavy (non-hydrogen) atoms. The van der Waals surface area contributed by atoms with Crippen molar-refractivity contribution in [3.05, 3.63) is 48.0 Å². The molecule has 1 fully saturated rings. The number of cyclic esters (lactones) is 1. The van der Waals surface area contributed by atoms with E-state index in [1.165, 1.54) is 0 Å². The molecule has 2 N–H and O–H groups in total. The zero-order chi connectivity index (χ0) is 22.8. The number of ether oxygens (including phenoxy) is 1. The van der Waals surface area contributed by atoms with E-state index in [-0.39, 0.29) is 37.2 Å². The van der Waals surface area contributed by atoms with Crippen molar-refractivity contribution in [2.24, 2.45) is 11.8 Å². The lowest BCUT2D eigenvalue weighted by molar-refractivity contribution is -0.150. The van der Waals surface area contributed by atoms with Gasteiger partial charge in [0.25, 0.3) is 0 Å². The number of nitrogens with one attached hydrogen (secondary N) is 2. The Morgan fingerprint density at radius 1 is 1.16 bits per heavy atom. The predicted molar refractivity (Wildman–Crippen MR) is 123 cm³/mol. The second kappa shape index (κ2) is 12.4. The Morgan fingerprint density at radius 3 is 2.66 bits per heavy atom. The normalized spacial score (nSPS) is 25.0. The van der Waals surface area contributed by atoms with Crippen molar-refractivity contribution in [1.29, 1.82) is 0 Å². The smallest absolute Gasteiger partial charge is 0.306 e. The maximum atomic E-state index is 12.9. The third kappa shape index (κ3) is 7.79. The first-order valence-corrected chi connectivity index (χ1v) is 11.6. The van der Waals surface area contributed by atoms with Gasteiger partial charge in [-0.3, -0.25) is 14.4 Å². The molecule has 0 spiro atoms. The molecule has 0 saturated carbocycles. The Morgan fingerprint density at radius 2 is 1.91 bits per heavy atom. The number of hydrogen-bond donors (Lipinski definition) is 2. The van der Waals surface area contributed by atoms with Gasteiger partial charge >= 0.3 is 5.97 Å². The first-order chi connectivity index (χ1) is 15.5. The molecule has 0 unspecified atom stereocenters. The summed E-state index contributed by atoms with van der Waals surface area (Å²) in [6.45, 7) is 2.97. The fourth-order valence-electron chi connectivity index (χ4n) is 4.13. The predicted octanol–water partition coefficient (Wildman–Crippen LogP) is 2.59. The number of nitrogens with zero attached hydrogens (tertiary/aromatic N) is 1. The summed E-state index contributed by atoms with van der Waals surface area (Å²) in [5.74, 6) is -0.516. The summed E-state index contributed by atoms with van der Waals surface area (Å²) in [5.41, 5.74) is 0.834. The molecule has 174 valence electrons. The number of rotatable bonds is 5. The molecule has 1 saturated heterocycles. The molecular formula is C25H35N3O4. The van der Waals surface area contributed by atoms with Crippen molar-refractivity contribution in [2.75, 3.05) is 33.2 Å². The summed E-state index contributed by atoms with van der Waals surface area (Å²) >= 11 is 0. The number of likely N-dealkylation sites (tertiary alicyclic amines) is 1. The molecule has 0 radical (unpaired) electrons. The van der Waals surface area contributed by atoms with E-state index >= 15 is 0 Å². The molecule has 7 heteroatoms. The largest absolute Gasteiger partial charge is 0.456 e. The minimum atomic E-state index is -0.546. The van der Waals surface area contributed by atoms with Crippen molar-refractivity contribution >= 4 is 17.8 Å². The third-order valence-electron chi connectivity index (χ3n) is 6.24. The van der Waals surface area contributed by atoms with Crippen LogP contribution < -0.4 is 10.6 Å². The Kier molecular flexibility index (Phi) is 9.28. The minimum Gasteiger partial charge on any atom is -0.456 e. The van der Waals surface area contributed by atoms with E-state index in [4.69, 9.17) is 4.74 Å². The molecule has 2 atom stereocenters. The summed E-state index contributed by atoms with van der Waals surface area (Å²) in [6, 6.07) is 9.40. The van der Waals surface area contributed by atoms with Gasteiger partial charge in [0.1, 0.15) is 6.10 Å². The molecule has 1 aromatic rings. The molecule has 0 aromatic heterocycles. The van der Waals surface area contributed by atoms with E-state index in [1.807, 2.05) is 42.5 Å². The van der Waals surface area contributed by atoms with Gasteiger partial charge in [-0.1, -0.05) is 42.5 Å². The number of benzene rings is 1. The molecular weight excluding hydrogens is 406 g/mol. The SMILES string of the molecule is CN1CCC(CNC(=O)C[C@@H]2C/C=C/CCC(=O)O[C@H](c3ccccc3)CNC2=O)CC1. The van der Waals surface area contributed by atoms with Crippen LogP contribution in [0.4, 0.5) is 0 Å². The molecule has 2 aliphatic heterocycles. The lowest BCUT2D eigenvalue weighted by atomic mass is 9.96. The topological polar surface area (TPSA) is 87.7 Å². The monoisotopic (exact) mass is 441 g/mol. The van der Waals surface area contributed by atoms with E-state index in [2.05, 4.69) is 22.6 Å². The Balaban J connectivity index is 1.57. The summed E-state index contributed by atoms with van der Waals surface area (Å²) in [5, 5.41) is 5.93. The fourth-order valence-corrected chi connectivity index (χ4v) is 4.13. The van der Waals surface area contributed by atoms with E-state index in [9.17, 15) is 14.4 Å². The van der Waals surface area contributed by atoms with Crippen molar-refractivity contribution in [3.63, 3.8) is 0 Å². The van der Waals surface area contributed by atoms with E-state index in [0.29, 0.717) is 25.3 Å². The number of carbonyl (C=O) groups excluding carboxylic acids is 3. The maximum Gasteiger partial charge on any atom is 0.306 e. The van der Waals surface area contributed by atoms with E-state index in [1.54, 1.807) is 0 Å². The number of esters is 1. The summed E-state index contributed by atoms with van der Waals surface area (Å²) < 4.78 is 5.62. The summed E-state index contributed by atoms with van der Waals surface area (Å²) in [4.78, 5) is 39.9. The van der Waals surface area contributed by atoms with Crippen LogP contribution in [-0.4, -0.2) is 55.9 Å². The molecule has 1 aromatic carbocycles. The first-order valence-electron chi connectivity index (χ1n) is 11.6. The van der Waals surface area contributed by atoms with Crippen molar-refractivity contribution in [3.8, 4) is 0 Å². The van der Waals surface area contributed by atoms with Gasteiger partial charge in [0.2, 0.25) is 11.8 Å². The quantitative estimate of drug-likeness (QED) is 0.542. The van der Waals surface area contributed by atoms with Gasteiger partial charge in [0.15, 0.2) is 0 Å². The highest BCUT2D eigenvalue weighted by molar-refractivity contribution is 5.86. The average Bonchev–Trinajstić information content (AvgIpc) is 2.80. The van der Waals surface area contributed by atoms with Crippen molar-refractivity contribution in [2.45, 2.75) is 44.6 Å². The van der Waals surface area contributed by atoms with Gasteiger partial charge in [-0.25, -0.2) is 0 Å². The van der Waals surface area contributed by atoms with Gasteiger partial charge in [-0.05, 0) is 57.3 Å². The molecule has 0 aliphatic carbocycles. The fraction of sp³-hybridized carbons (Fsp3) is 0.560. The Bertz CT molecular complexity index is 788. The number of allylic oxidation sites excluding steroid dienone is 2. The first kappa shape index (κ1) is 24.0. The molecule has 3 rings (SSSR count). The molecule has 2 heterocycles. The van der Waals surface area contributed by atoms with Gasteiger partial charge in [-0.2, -0.15) is 0 Å². The van der Waals surface area contributed by atoms with Crippen LogP contribution in [0.5, 0.6) is 0 Å². The second-order valence-electron chi connectivity index (χ2n) is 8.83. The van der Waals surface area contributed by atoms with Gasteiger partial charge in [0, 0.05) is 19.4 Å². The van der Waals surface area contributed by atoms with Crippen LogP contribution >= 0.6 is 0 Å². The zero-order valence-corrected chi connectivity index (χ0v) is 18.9. The van der Waals surface area contributed by atoms with Crippen LogP contribution in [0, 0.1) is 11.8 Å². The highest BCUT2D eigenvalue weighted by Crippen LogP contribution is 2.20. The molecule has 2 aliphatic rings. The highest BCUT2D eigenvalue weighted by atomic mass is 16.5. The Hall–Kier alpha value is -2.67. The second-order valence-corrected chi connectivity index (χ2v) is 8.83. The van der Waals surface area contributed by atoms with Crippen LogP contribution in [0.2, 0.25) is 0 Å². The van der Waals surface area contributed by atoms with Crippen molar-refractivity contribution < 1.29 is 19.1 Å². The number of carbonyl (C=O) groups is 3. The summed E-state index contributed by atoms with van der Waals surface area (Å²) in [6.07, 6.45) is 6.86. The van der Waals surface area contributed by atoms with Crippen molar-refractivity contribution in [1.82, 2.24) is 15.5 Å². The van der Waals surface area contributed by atoms with Crippen LogP contribution in [0.15, 0.2) is 42.5 Å². The lowest BCUT2D eigenvalue weighted by Gasteiger charge is -2.29. The van der Waals surface area contributed by atoms with Crippen LogP contribution in [0.1, 0.15) is 50.2 Å². The highest BCUT2D eigenvalue weighted by Gasteiger charge is 2.25. The molecule has 0 bridgehead atoms. The lowest BCUT2D eigenvalue weighted by Crippen LogP contribution is -2.40. The zero-order valence-electron chi connectivity index (χ0n) is 18.9. The van der Waals surface area contributed by atoms with E-state index in [0.717, 1.165) is 31.5 Å². The molecule has 2 amide bonds. The maximum absolute atomic E-state index is 12.9. The van der Waals surface area contributed by atoms with Crippen LogP contribution in [0.25, 0.3) is 0 Å². The standard InChI is InChI=1S/C25H35N3O4/c1-28-14-12-19(13-15-28)17-26-23(29)16-21-10-6-3-7-11-24(30)32-22(18-27-25(21)31)20-8-4-2-5-9-20/h2-6,8-9,19,21-22H,7,10-18H2,1H3,(H,26,29)(H,27,31)/b6-3+/t21-,22-/m0/s1. The van der Waals surface area contributed by atoms with Gasteiger partial charge in [-0.15, -0.1) is 0 Å². The van der Waals surface area contributed by atoms with Crippen LogP contribution in [-0.2, 0) is 19.1 Å². The number of piperidine rings is 1. The Labute approximate surface area is 190 Å². The minimum absolute atomic E-state index is 0.0874. The molecule has 7 nitrogen and oxygen atoms in total. The summed E-state index contributed by atoms with van der Waals surface area (Å²) in [7, 11) is 2.12. The van der Waals surface area contributed by atoms with Gasteiger partial charge in [0.05, 0.1) is 12.5 Å². The average molecular weight is 442 g/mol. The van der Waals surface area contributed by atoms with E-state index < -0.39 is 12.0 Å². The number of hydrogen-bond acceptors (Lipinski definition) is 5. The third-order valence-corrected chi connectivity index (χ3v) is 6.24. The van der Waals surface area contributed by atoms with Crippen LogP contribution in [0.3, 0.4) is 0 Å². The number of amides is 2.